The van der Waals surface area contributed by atoms with Gasteiger partial charge in [0.05, 0.1) is 30.8 Å². The lowest BCUT2D eigenvalue weighted by Gasteiger charge is -2.09. The van der Waals surface area contributed by atoms with E-state index in [0.29, 0.717) is 19.4 Å². The van der Waals surface area contributed by atoms with Crippen LogP contribution in [-0.4, -0.2) is 29.5 Å². The second kappa shape index (κ2) is 10.2. The molecule has 1 heterocycles. The molecule has 0 bridgehead atoms. The lowest BCUT2D eigenvalue weighted by atomic mass is 10.0. The molecule has 0 unspecified atom stereocenters. The van der Waals surface area contributed by atoms with Crippen molar-refractivity contribution in [2.24, 2.45) is 0 Å². The Kier molecular flexibility index (Phi) is 6.89. The van der Waals surface area contributed by atoms with Gasteiger partial charge in [-0.1, -0.05) is 48.0 Å². The van der Waals surface area contributed by atoms with Crippen molar-refractivity contribution in [1.29, 1.82) is 0 Å². The molecule has 0 saturated heterocycles. The first-order valence-corrected chi connectivity index (χ1v) is 11.1. The summed E-state index contributed by atoms with van der Waals surface area (Å²) < 4.78 is 12.3. The SMILES string of the molecule is CCOC(=O)CCc1cccc(-c2cc(-c3ccc(C)cc3)n(-c3ccc(OC)cc3)n2)c1. The summed E-state index contributed by atoms with van der Waals surface area (Å²) in [5.74, 6) is 0.630. The van der Waals surface area contributed by atoms with Crippen molar-refractivity contribution in [3.05, 3.63) is 90.0 Å². The molecule has 5 heteroatoms. The van der Waals surface area contributed by atoms with Crippen LogP contribution < -0.4 is 4.74 Å². The molecule has 1 aromatic heterocycles. The Morgan fingerprint density at radius 3 is 2.39 bits per heavy atom. The zero-order valence-electron chi connectivity index (χ0n) is 19.2. The lowest BCUT2D eigenvalue weighted by Crippen LogP contribution is -2.05. The third-order valence-corrected chi connectivity index (χ3v) is 5.52. The minimum absolute atomic E-state index is 0.173. The van der Waals surface area contributed by atoms with E-state index in [1.165, 1.54) is 5.56 Å². The number of ether oxygens (including phenoxy) is 2. The summed E-state index contributed by atoms with van der Waals surface area (Å²) in [5.41, 5.74) is 7.23. The molecule has 168 valence electrons. The molecule has 0 radical (unpaired) electrons. The first-order chi connectivity index (χ1) is 16.1. The molecule has 0 saturated carbocycles. The normalized spacial score (nSPS) is 10.8. The maximum Gasteiger partial charge on any atom is 0.306 e. The highest BCUT2D eigenvalue weighted by molar-refractivity contribution is 5.72. The second-order valence-electron chi connectivity index (χ2n) is 7.90. The Labute approximate surface area is 194 Å². The quantitative estimate of drug-likeness (QED) is 0.315. The van der Waals surface area contributed by atoms with E-state index in [1.807, 2.05) is 54.1 Å². The Morgan fingerprint density at radius 1 is 0.939 bits per heavy atom. The summed E-state index contributed by atoms with van der Waals surface area (Å²) in [6.45, 7) is 4.31. The maximum atomic E-state index is 11.8. The summed E-state index contributed by atoms with van der Waals surface area (Å²) in [4.78, 5) is 11.8. The number of carbonyl (C=O) groups excluding carboxylic acids is 1. The number of rotatable bonds is 8. The smallest absolute Gasteiger partial charge is 0.306 e. The molecule has 0 aliphatic carbocycles. The highest BCUT2D eigenvalue weighted by Gasteiger charge is 2.14. The minimum atomic E-state index is -0.173. The van der Waals surface area contributed by atoms with E-state index >= 15 is 0 Å². The molecule has 0 N–H and O–H groups in total. The van der Waals surface area contributed by atoms with Crippen LogP contribution in [0.15, 0.2) is 78.9 Å². The Bertz CT molecular complexity index is 1220. The van der Waals surface area contributed by atoms with E-state index in [4.69, 9.17) is 14.6 Å². The predicted molar refractivity (Wildman–Crippen MR) is 131 cm³/mol. The molecule has 3 aromatic carbocycles. The minimum Gasteiger partial charge on any atom is -0.497 e. The second-order valence-corrected chi connectivity index (χ2v) is 7.90. The molecule has 33 heavy (non-hydrogen) atoms. The lowest BCUT2D eigenvalue weighted by molar-refractivity contribution is -0.143. The highest BCUT2D eigenvalue weighted by atomic mass is 16.5. The summed E-state index contributed by atoms with van der Waals surface area (Å²) in [6.07, 6.45) is 1.00. The van der Waals surface area contributed by atoms with Gasteiger partial charge in [0.1, 0.15) is 5.75 Å². The van der Waals surface area contributed by atoms with E-state index in [1.54, 1.807) is 7.11 Å². The Balaban J connectivity index is 1.71. The number of aryl methyl sites for hydroxylation is 2. The van der Waals surface area contributed by atoms with Gasteiger partial charge in [-0.15, -0.1) is 0 Å². The monoisotopic (exact) mass is 440 g/mol. The first kappa shape index (κ1) is 22.3. The number of hydrogen-bond donors (Lipinski definition) is 0. The number of carbonyl (C=O) groups is 1. The molecular formula is C28H28N2O3. The number of esters is 1. The van der Waals surface area contributed by atoms with E-state index in [2.05, 4.69) is 43.3 Å². The fourth-order valence-corrected chi connectivity index (χ4v) is 3.74. The van der Waals surface area contributed by atoms with Gasteiger partial charge < -0.3 is 9.47 Å². The van der Waals surface area contributed by atoms with Crippen molar-refractivity contribution in [2.75, 3.05) is 13.7 Å². The van der Waals surface area contributed by atoms with Crippen LogP contribution in [-0.2, 0) is 16.0 Å². The summed E-state index contributed by atoms with van der Waals surface area (Å²) in [7, 11) is 1.66. The van der Waals surface area contributed by atoms with Crippen LogP contribution in [0.1, 0.15) is 24.5 Å². The molecule has 4 aromatic rings. The first-order valence-electron chi connectivity index (χ1n) is 11.1. The van der Waals surface area contributed by atoms with Crippen molar-refractivity contribution in [2.45, 2.75) is 26.7 Å². The van der Waals surface area contributed by atoms with Crippen LogP contribution >= 0.6 is 0 Å². The van der Waals surface area contributed by atoms with Gasteiger partial charge in [-0.3, -0.25) is 4.79 Å². The van der Waals surface area contributed by atoms with Crippen molar-refractivity contribution < 1.29 is 14.3 Å². The number of aromatic nitrogens is 2. The molecule has 0 aliphatic heterocycles. The van der Waals surface area contributed by atoms with Gasteiger partial charge in [0.15, 0.2) is 0 Å². The third kappa shape index (κ3) is 5.32. The summed E-state index contributed by atoms with van der Waals surface area (Å²) >= 11 is 0. The Morgan fingerprint density at radius 2 is 1.70 bits per heavy atom. The van der Waals surface area contributed by atoms with E-state index in [0.717, 1.165) is 39.5 Å². The van der Waals surface area contributed by atoms with Crippen LogP contribution in [0.2, 0.25) is 0 Å². The summed E-state index contributed by atoms with van der Waals surface area (Å²) in [5, 5.41) is 4.96. The van der Waals surface area contributed by atoms with Gasteiger partial charge in [-0.25, -0.2) is 4.68 Å². The van der Waals surface area contributed by atoms with Crippen LogP contribution in [0.4, 0.5) is 0 Å². The molecule has 0 spiro atoms. The van der Waals surface area contributed by atoms with Crippen molar-refractivity contribution >= 4 is 5.97 Å². The number of nitrogens with zero attached hydrogens (tertiary/aromatic N) is 2. The van der Waals surface area contributed by atoms with Crippen LogP contribution in [0.5, 0.6) is 5.75 Å². The van der Waals surface area contributed by atoms with Crippen molar-refractivity contribution in [3.8, 4) is 34.0 Å². The summed E-state index contributed by atoms with van der Waals surface area (Å²) in [6, 6.07) is 26.6. The van der Waals surface area contributed by atoms with E-state index in [9.17, 15) is 4.79 Å². The zero-order chi connectivity index (χ0) is 23.2. The molecule has 0 atom stereocenters. The standard InChI is InChI=1S/C28H28N2O3/c1-4-33-28(31)17-10-21-6-5-7-23(18-21)26-19-27(22-11-8-20(2)9-12-22)30(29-26)24-13-15-25(32-3)16-14-24/h5-9,11-16,18-19H,4,10,17H2,1-3H3. The van der Waals surface area contributed by atoms with E-state index in [-0.39, 0.29) is 5.97 Å². The van der Waals surface area contributed by atoms with E-state index < -0.39 is 0 Å². The van der Waals surface area contributed by atoms with Crippen LogP contribution in [0.3, 0.4) is 0 Å². The number of hydrogen-bond acceptors (Lipinski definition) is 4. The average Bonchev–Trinajstić information content (AvgIpc) is 3.29. The highest BCUT2D eigenvalue weighted by Crippen LogP contribution is 2.30. The van der Waals surface area contributed by atoms with Gasteiger partial charge in [-0.2, -0.15) is 5.10 Å². The van der Waals surface area contributed by atoms with Gasteiger partial charge >= 0.3 is 5.97 Å². The Hall–Kier alpha value is -3.86. The molecule has 4 rings (SSSR count). The average molecular weight is 441 g/mol. The topological polar surface area (TPSA) is 53.4 Å². The number of benzene rings is 3. The van der Waals surface area contributed by atoms with Crippen molar-refractivity contribution in [3.63, 3.8) is 0 Å². The predicted octanol–water partition coefficient (Wildman–Crippen LogP) is 6.02. The van der Waals surface area contributed by atoms with Gasteiger partial charge in [0, 0.05) is 17.5 Å². The fourth-order valence-electron chi connectivity index (χ4n) is 3.74. The van der Waals surface area contributed by atoms with Crippen LogP contribution in [0, 0.1) is 6.92 Å². The largest absolute Gasteiger partial charge is 0.497 e. The fraction of sp³-hybridized carbons (Fsp3) is 0.214. The number of methoxy groups -OCH3 is 1. The van der Waals surface area contributed by atoms with Crippen LogP contribution in [0.25, 0.3) is 28.2 Å². The third-order valence-electron chi connectivity index (χ3n) is 5.52. The maximum absolute atomic E-state index is 11.8. The molecule has 5 nitrogen and oxygen atoms in total. The zero-order valence-corrected chi connectivity index (χ0v) is 19.2. The van der Waals surface area contributed by atoms with Gasteiger partial charge in [0.2, 0.25) is 0 Å². The van der Waals surface area contributed by atoms with Gasteiger partial charge in [-0.05, 0) is 62.2 Å². The molecular weight excluding hydrogens is 412 g/mol. The molecule has 0 aliphatic rings. The molecule has 0 fully saturated rings. The molecule has 0 amide bonds. The van der Waals surface area contributed by atoms with Crippen molar-refractivity contribution in [1.82, 2.24) is 9.78 Å². The van der Waals surface area contributed by atoms with Gasteiger partial charge in [0.25, 0.3) is 0 Å².